The highest BCUT2D eigenvalue weighted by Crippen LogP contribution is 2.24. The molecule has 94 valence electrons. The molecule has 1 aromatic rings. The first-order valence-corrected chi connectivity index (χ1v) is 6.75. The van der Waals surface area contributed by atoms with Crippen molar-refractivity contribution in [2.24, 2.45) is 11.7 Å². The highest BCUT2D eigenvalue weighted by atomic mass is 35.5. The van der Waals surface area contributed by atoms with Gasteiger partial charge in [0.05, 0.1) is 0 Å². The Morgan fingerprint density at radius 1 is 1.47 bits per heavy atom. The molecule has 0 spiro atoms. The molecule has 1 aromatic carbocycles. The fourth-order valence-corrected chi connectivity index (χ4v) is 2.84. The molecule has 1 aliphatic heterocycles. The summed E-state index contributed by atoms with van der Waals surface area (Å²) in [5, 5.41) is 0.817. The van der Waals surface area contributed by atoms with E-state index in [9.17, 15) is 0 Å². The van der Waals surface area contributed by atoms with Crippen molar-refractivity contribution in [2.45, 2.75) is 32.4 Å². The van der Waals surface area contributed by atoms with Crippen molar-refractivity contribution in [3.05, 3.63) is 34.9 Å². The average molecular weight is 253 g/mol. The third kappa shape index (κ3) is 3.44. The molecule has 2 unspecified atom stereocenters. The minimum Gasteiger partial charge on any atom is -0.329 e. The summed E-state index contributed by atoms with van der Waals surface area (Å²) in [6.45, 7) is 5.19. The Kier molecular flexibility index (Phi) is 4.43. The molecule has 17 heavy (non-hydrogen) atoms. The van der Waals surface area contributed by atoms with Crippen molar-refractivity contribution < 1.29 is 0 Å². The average Bonchev–Trinajstić information content (AvgIpc) is 2.31. The summed E-state index contributed by atoms with van der Waals surface area (Å²) < 4.78 is 0. The van der Waals surface area contributed by atoms with Crippen LogP contribution < -0.4 is 5.73 Å². The van der Waals surface area contributed by atoms with Gasteiger partial charge in [-0.15, -0.1) is 0 Å². The number of hydrogen-bond donors (Lipinski definition) is 1. The van der Waals surface area contributed by atoms with Crippen LogP contribution in [0.25, 0.3) is 0 Å². The molecule has 2 nitrogen and oxygen atoms in total. The molecular formula is C14H21ClN2. The number of likely N-dealkylation sites (tertiary alicyclic amines) is 1. The Hall–Kier alpha value is -0.570. The molecule has 1 fully saturated rings. The number of benzene rings is 1. The van der Waals surface area contributed by atoms with Gasteiger partial charge < -0.3 is 5.73 Å². The highest BCUT2D eigenvalue weighted by Gasteiger charge is 2.24. The zero-order valence-electron chi connectivity index (χ0n) is 10.4. The van der Waals surface area contributed by atoms with Crippen LogP contribution in [0, 0.1) is 5.92 Å². The predicted molar refractivity (Wildman–Crippen MR) is 73.1 cm³/mol. The van der Waals surface area contributed by atoms with E-state index in [1.165, 1.54) is 18.4 Å². The zero-order chi connectivity index (χ0) is 12.3. The van der Waals surface area contributed by atoms with E-state index in [4.69, 9.17) is 17.3 Å². The van der Waals surface area contributed by atoms with Crippen molar-refractivity contribution in [3.63, 3.8) is 0 Å². The largest absolute Gasteiger partial charge is 0.329 e. The van der Waals surface area contributed by atoms with E-state index >= 15 is 0 Å². The van der Waals surface area contributed by atoms with Crippen LogP contribution in [0.3, 0.4) is 0 Å². The number of hydrogen-bond acceptors (Lipinski definition) is 2. The Morgan fingerprint density at radius 2 is 2.29 bits per heavy atom. The first-order chi connectivity index (χ1) is 8.19. The van der Waals surface area contributed by atoms with Crippen LogP contribution in [0.5, 0.6) is 0 Å². The summed E-state index contributed by atoms with van der Waals surface area (Å²) in [4.78, 5) is 2.49. The number of piperidine rings is 1. The van der Waals surface area contributed by atoms with Gasteiger partial charge in [0, 0.05) is 24.2 Å². The molecule has 2 N–H and O–H groups in total. The van der Waals surface area contributed by atoms with Crippen molar-refractivity contribution >= 4 is 11.6 Å². The minimum atomic E-state index is 0.526. The van der Waals surface area contributed by atoms with Crippen LogP contribution in [-0.4, -0.2) is 24.0 Å². The molecule has 0 bridgehead atoms. The molecule has 3 heteroatoms. The van der Waals surface area contributed by atoms with Gasteiger partial charge >= 0.3 is 0 Å². The smallest absolute Gasteiger partial charge is 0.0409 e. The fourth-order valence-electron chi connectivity index (χ4n) is 2.62. The van der Waals surface area contributed by atoms with E-state index in [1.54, 1.807) is 0 Å². The van der Waals surface area contributed by atoms with Gasteiger partial charge in [0.25, 0.3) is 0 Å². The summed E-state index contributed by atoms with van der Waals surface area (Å²) in [6, 6.07) is 8.65. The molecule has 0 saturated carbocycles. The quantitative estimate of drug-likeness (QED) is 0.896. The third-order valence-electron chi connectivity index (χ3n) is 3.65. The minimum absolute atomic E-state index is 0.526. The van der Waals surface area contributed by atoms with E-state index in [-0.39, 0.29) is 0 Å². The molecular weight excluding hydrogens is 232 g/mol. The summed E-state index contributed by atoms with van der Waals surface area (Å²) in [7, 11) is 0. The molecule has 2 rings (SSSR count). The number of rotatable bonds is 3. The predicted octanol–water partition coefficient (Wildman–Crippen LogP) is 2.90. The van der Waals surface area contributed by atoms with E-state index < -0.39 is 0 Å². The molecule has 1 heterocycles. The Bertz CT molecular complexity index is 367. The van der Waals surface area contributed by atoms with Gasteiger partial charge in [-0.25, -0.2) is 0 Å². The molecule has 1 saturated heterocycles. The van der Waals surface area contributed by atoms with Crippen molar-refractivity contribution in [2.75, 3.05) is 13.1 Å². The van der Waals surface area contributed by atoms with Crippen LogP contribution in [0.4, 0.5) is 0 Å². The van der Waals surface area contributed by atoms with E-state index in [0.717, 1.165) is 30.6 Å². The molecule has 0 aromatic heterocycles. The van der Waals surface area contributed by atoms with Crippen LogP contribution in [0.2, 0.25) is 5.02 Å². The lowest BCUT2D eigenvalue weighted by Crippen LogP contribution is -2.45. The number of nitrogens with zero attached hydrogens (tertiary/aromatic N) is 1. The monoisotopic (exact) mass is 252 g/mol. The lowest BCUT2D eigenvalue weighted by molar-refractivity contribution is 0.115. The SMILES string of the molecule is CC1CCN(Cc2cccc(Cl)c2)C(CN)C1. The van der Waals surface area contributed by atoms with Gasteiger partial charge in [-0.3, -0.25) is 4.90 Å². The van der Waals surface area contributed by atoms with Crippen molar-refractivity contribution in [1.29, 1.82) is 0 Å². The Morgan fingerprint density at radius 3 is 3.00 bits per heavy atom. The van der Waals surface area contributed by atoms with E-state index in [1.807, 2.05) is 18.2 Å². The van der Waals surface area contributed by atoms with Gasteiger partial charge in [0.1, 0.15) is 0 Å². The topological polar surface area (TPSA) is 29.3 Å². The van der Waals surface area contributed by atoms with Gasteiger partial charge in [0.2, 0.25) is 0 Å². The summed E-state index contributed by atoms with van der Waals surface area (Å²) in [5.41, 5.74) is 7.15. The van der Waals surface area contributed by atoms with Gasteiger partial charge in [0.15, 0.2) is 0 Å². The zero-order valence-corrected chi connectivity index (χ0v) is 11.2. The number of halogens is 1. The van der Waals surface area contributed by atoms with Crippen molar-refractivity contribution in [3.8, 4) is 0 Å². The summed E-state index contributed by atoms with van der Waals surface area (Å²) in [6.07, 6.45) is 2.49. The van der Waals surface area contributed by atoms with Gasteiger partial charge in [-0.2, -0.15) is 0 Å². The first kappa shape index (κ1) is 12.9. The van der Waals surface area contributed by atoms with E-state index in [2.05, 4.69) is 17.9 Å². The Labute approximate surface area is 109 Å². The van der Waals surface area contributed by atoms with Crippen molar-refractivity contribution in [1.82, 2.24) is 4.90 Å². The second-order valence-corrected chi connectivity index (χ2v) is 5.56. The maximum atomic E-state index is 6.01. The standard InChI is InChI=1S/C14H21ClN2/c1-11-5-6-17(14(7-11)9-16)10-12-3-2-4-13(15)8-12/h2-4,8,11,14H,5-7,9-10,16H2,1H3. The normalized spacial score (nSPS) is 26.1. The van der Waals surface area contributed by atoms with Gasteiger partial charge in [-0.05, 0) is 43.0 Å². The van der Waals surface area contributed by atoms with Crippen LogP contribution in [-0.2, 0) is 6.54 Å². The molecule has 1 aliphatic rings. The lowest BCUT2D eigenvalue weighted by atomic mass is 9.92. The summed E-state index contributed by atoms with van der Waals surface area (Å²) in [5.74, 6) is 0.805. The van der Waals surface area contributed by atoms with Crippen LogP contribution in [0.15, 0.2) is 24.3 Å². The van der Waals surface area contributed by atoms with Crippen LogP contribution in [0.1, 0.15) is 25.3 Å². The lowest BCUT2D eigenvalue weighted by Gasteiger charge is -2.38. The third-order valence-corrected chi connectivity index (χ3v) is 3.88. The second-order valence-electron chi connectivity index (χ2n) is 5.12. The molecule has 0 amide bonds. The molecule has 0 aliphatic carbocycles. The second kappa shape index (κ2) is 5.85. The fraction of sp³-hybridized carbons (Fsp3) is 0.571. The maximum absolute atomic E-state index is 6.01. The molecule has 0 radical (unpaired) electrons. The first-order valence-electron chi connectivity index (χ1n) is 6.37. The summed E-state index contributed by atoms with van der Waals surface area (Å²) >= 11 is 6.01. The highest BCUT2D eigenvalue weighted by molar-refractivity contribution is 6.30. The molecule has 2 atom stereocenters. The van der Waals surface area contributed by atoms with E-state index in [0.29, 0.717) is 6.04 Å². The number of nitrogens with two attached hydrogens (primary N) is 1. The Balaban J connectivity index is 2.02. The maximum Gasteiger partial charge on any atom is 0.0409 e. The van der Waals surface area contributed by atoms with Gasteiger partial charge in [-0.1, -0.05) is 30.7 Å². The van der Waals surface area contributed by atoms with Crippen LogP contribution >= 0.6 is 11.6 Å².